The Bertz CT molecular complexity index is 1020. The summed E-state index contributed by atoms with van der Waals surface area (Å²) in [6, 6.07) is 15.3. The highest BCUT2D eigenvalue weighted by molar-refractivity contribution is 7.99. The molecule has 0 fully saturated rings. The fraction of sp³-hybridized carbons (Fsp3) is 0.391. The number of benzene rings is 2. The van der Waals surface area contributed by atoms with Gasteiger partial charge in [-0.05, 0) is 36.1 Å². The van der Waals surface area contributed by atoms with Crippen molar-refractivity contribution in [2.45, 2.75) is 50.9 Å². The number of aromatic nitrogens is 2. The van der Waals surface area contributed by atoms with Gasteiger partial charge in [0.2, 0.25) is 0 Å². The van der Waals surface area contributed by atoms with E-state index >= 15 is 0 Å². The van der Waals surface area contributed by atoms with E-state index in [-0.39, 0.29) is 12.2 Å². The molecule has 154 valence electrons. The van der Waals surface area contributed by atoms with Crippen molar-refractivity contribution in [2.75, 3.05) is 12.4 Å². The van der Waals surface area contributed by atoms with E-state index in [0.29, 0.717) is 34.3 Å². The van der Waals surface area contributed by atoms with Crippen molar-refractivity contribution in [2.24, 2.45) is 0 Å². The number of hydrogen-bond donors (Lipinski definition) is 1. The second-order valence-electron chi connectivity index (χ2n) is 7.34. The van der Waals surface area contributed by atoms with Crippen LogP contribution >= 0.6 is 11.8 Å². The molecule has 5 nitrogen and oxygen atoms in total. The number of hydrogen-bond acceptors (Lipinski definition) is 5. The molecule has 1 aromatic heterocycles. The van der Waals surface area contributed by atoms with Crippen LogP contribution in [0.4, 0.5) is 0 Å². The third-order valence-electron chi connectivity index (χ3n) is 4.65. The molecule has 0 saturated heterocycles. The van der Waals surface area contributed by atoms with Gasteiger partial charge in [-0.2, -0.15) is 0 Å². The van der Waals surface area contributed by atoms with Crippen LogP contribution in [0.25, 0.3) is 10.9 Å². The topological polar surface area (TPSA) is 64.3 Å². The molecule has 3 aromatic rings. The van der Waals surface area contributed by atoms with Crippen molar-refractivity contribution in [1.29, 1.82) is 0 Å². The number of para-hydroxylation sites is 2. The Morgan fingerprint density at radius 3 is 2.62 bits per heavy atom. The fourth-order valence-electron chi connectivity index (χ4n) is 3.17. The molecule has 1 heterocycles. The first kappa shape index (κ1) is 21.4. The average molecular weight is 413 g/mol. The van der Waals surface area contributed by atoms with Crippen molar-refractivity contribution in [3.05, 3.63) is 64.4 Å². The van der Waals surface area contributed by atoms with Crippen molar-refractivity contribution >= 4 is 22.7 Å². The van der Waals surface area contributed by atoms with E-state index in [4.69, 9.17) is 4.74 Å². The molecule has 0 aliphatic heterocycles. The molecule has 0 bridgehead atoms. The van der Waals surface area contributed by atoms with Crippen LogP contribution in [0.1, 0.15) is 38.7 Å². The van der Waals surface area contributed by atoms with E-state index < -0.39 is 6.10 Å². The van der Waals surface area contributed by atoms with Crippen LogP contribution in [-0.2, 0) is 6.54 Å². The number of ether oxygens (including phenoxy) is 1. The first-order valence-corrected chi connectivity index (χ1v) is 11.0. The Morgan fingerprint density at radius 1 is 1.14 bits per heavy atom. The molecule has 0 aliphatic carbocycles. The molecule has 0 radical (unpaired) electrons. The summed E-state index contributed by atoms with van der Waals surface area (Å²) in [6.07, 6.45) is 0.171. The van der Waals surface area contributed by atoms with Crippen LogP contribution < -0.4 is 10.3 Å². The largest absolute Gasteiger partial charge is 0.491 e. The van der Waals surface area contributed by atoms with Gasteiger partial charge in [0.1, 0.15) is 12.4 Å². The third-order valence-corrected chi connectivity index (χ3v) is 5.77. The van der Waals surface area contributed by atoms with Gasteiger partial charge in [-0.15, -0.1) is 0 Å². The van der Waals surface area contributed by atoms with Crippen LogP contribution in [-0.4, -0.2) is 33.1 Å². The molecule has 0 spiro atoms. The predicted octanol–water partition coefficient (Wildman–Crippen LogP) is 4.46. The van der Waals surface area contributed by atoms with Gasteiger partial charge in [0, 0.05) is 12.3 Å². The van der Waals surface area contributed by atoms with Gasteiger partial charge >= 0.3 is 0 Å². The third kappa shape index (κ3) is 5.19. The number of aliphatic hydroxyl groups excluding tert-OH is 1. The van der Waals surface area contributed by atoms with E-state index in [0.717, 1.165) is 17.7 Å². The van der Waals surface area contributed by atoms with E-state index in [9.17, 15) is 9.90 Å². The van der Waals surface area contributed by atoms with Gasteiger partial charge in [0.15, 0.2) is 5.16 Å². The molecule has 1 atom stereocenters. The highest BCUT2D eigenvalue weighted by atomic mass is 32.2. The van der Waals surface area contributed by atoms with Crippen molar-refractivity contribution in [3.63, 3.8) is 0 Å². The molecule has 0 unspecified atom stereocenters. The Kier molecular flexibility index (Phi) is 7.34. The molecule has 0 amide bonds. The van der Waals surface area contributed by atoms with Gasteiger partial charge in [-0.3, -0.25) is 9.36 Å². The molecule has 2 aromatic carbocycles. The van der Waals surface area contributed by atoms with Crippen LogP contribution in [0.5, 0.6) is 5.75 Å². The maximum Gasteiger partial charge on any atom is 0.262 e. The fourth-order valence-corrected chi connectivity index (χ4v) is 4.10. The quantitative estimate of drug-likeness (QED) is 0.415. The average Bonchev–Trinajstić information content (AvgIpc) is 2.73. The summed E-state index contributed by atoms with van der Waals surface area (Å²) in [7, 11) is 0. The van der Waals surface area contributed by atoms with E-state index in [1.54, 1.807) is 10.6 Å². The Hall–Kier alpha value is -2.31. The zero-order chi connectivity index (χ0) is 20.8. The predicted molar refractivity (Wildman–Crippen MR) is 119 cm³/mol. The minimum atomic E-state index is -0.668. The molecular weight excluding hydrogens is 384 g/mol. The highest BCUT2D eigenvalue weighted by Gasteiger charge is 2.14. The first-order valence-electron chi connectivity index (χ1n) is 10.0. The van der Waals surface area contributed by atoms with Crippen LogP contribution in [0.15, 0.2) is 58.5 Å². The van der Waals surface area contributed by atoms with Crippen LogP contribution in [0, 0.1) is 0 Å². The van der Waals surface area contributed by atoms with Gasteiger partial charge in [-0.25, -0.2) is 4.98 Å². The lowest BCUT2D eigenvalue weighted by molar-refractivity contribution is 0.125. The molecule has 1 N–H and O–H groups in total. The lowest BCUT2D eigenvalue weighted by atomic mass is 10.0. The molecule has 0 aliphatic rings. The van der Waals surface area contributed by atoms with Crippen molar-refractivity contribution in [1.82, 2.24) is 9.55 Å². The van der Waals surface area contributed by atoms with E-state index in [1.807, 2.05) is 49.4 Å². The van der Waals surface area contributed by atoms with Gasteiger partial charge in [0.25, 0.3) is 5.56 Å². The maximum absolute atomic E-state index is 12.8. The van der Waals surface area contributed by atoms with Gasteiger partial charge < -0.3 is 9.84 Å². The second kappa shape index (κ2) is 9.94. The summed E-state index contributed by atoms with van der Waals surface area (Å²) < 4.78 is 7.57. The molecule has 0 saturated carbocycles. The summed E-state index contributed by atoms with van der Waals surface area (Å²) >= 11 is 1.39. The maximum atomic E-state index is 12.8. The zero-order valence-corrected chi connectivity index (χ0v) is 18.0. The summed E-state index contributed by atoms with van der Waals surface area (Å²) in [5, 5.41) is 11.7. The Balaban J connectivity index is 1.70. The van der Waals surface area contributed by atoms with Crippen LogP contribution in [0.3, 0.4) is 0 Å². The summed E-state index contributed by atoms with van der Waals surface area (Å²) in [4.78, 5) is 17.5. The lowest BCUT2D eigenvalue weighted by Gasteiger charge is -2.17. The van der Waals surface area contributed by atoms with E-state index in [1.165, 1.54) is 11.8 Å². The number of nitrogens with zero attached hydrogens (tertiary/aromatic N) is 2. The molecule has 29 heavy (non-hydrogen) atoms. The van der Waals surface area contributed by atoms with Crippen molar-refractivity contribution < 1.29 is 9.84 Å². The van der Waals surface area contributed by atoms with Gasteiger partial charge in [0.05, 0.1) is 17.0 Å². The summed E-state index contributed by atoms with van der Waals surface area (Å²) in [6.45, 7) is 7.07. The summed E-state index contributed by atoms with van der Waals surface area (Å²) in [5.74, 6) is 1.56. The van der Waals surface area contributed by atoms with Gasteiger partial charge in [-0.1, -0.05) is 62.9 Å². The number of aliphatic hydroxyl groups is 1. The first-order chi connectivity index (χ1) is 14.0. The van der Waals surface area contributed by atoms with E-state index in [2.05, 4.69) is 18.8 Å². The Labute approximate surface area is 175 Å². The standard InChI is InChI=1S/C23H28N2O3S/c1-4-13-25-22(27)19-10-5-7-11-20(19)24-23(25)29-15-17(26)14-28-21-12-8-6-9-18(21)16(2)3/h5-12,16-17,26H,4,13-15H2,1-3H3/t17-/m1/s1. The monoisotopic (exact) mass is 412 g/mol. The summed E-state index contributed by atoms with van der Waals surface area (Å²) in [5.41, 5.74) is 1.78. The number of fused-ring (bicyclic) bond motifs is 1. The highest BCUT2D eigenvalue weighted by Crippen LogP contribution is 2.26. The van der Waals surface area contributed by atoms with Crippen LogP contribution in [0.2, 0.25) is 0 Å². The minimum absolute atomic E-state index is 0.0310. The smallest absolute Gasteiger partial charge is 0.262 e. The molecule has 6 heteroatoms. The van der Waals surface area contributed by atoms with Crippen molar-refractivity contribution in [3.8, 4) is 5.75 Å². The number of rotatable bonds is 9. The molecule has 3 rings (SSSR count). The minimum Gasteiger partial charge on any atom is -0.491 e. The molecular formula is C23H28N2O3S. The zero-order valence-electron chi connectivity index (χ0n) is 17.2. The Morgan fingerprint density at radius 2 is 1.86 bits per heavy atom. The SMILES string of the molecule is CCCn1c(SC[C@H](O)COc2ccccc2C(C)C)nc2ccccc2c1=O. The normalized spacial score (nSPS) is 12.4. The number of thioether (sulfide) groups is 1. The second-order valence-corrected chi connectivity index (χ2v) is 8.32. The lowest BCUT2D eigenvalue weighted by Crippen LogP contribution is -2.25.